The molecule has 0 saturated heterocycles. The first kappa shape index (κ1) is 16.7. The van der Waals surface area contributed by atoms with Gasteiger partial charge in [0.15, 0.2) is 5.69 Å². The number of aromatic nitrogens is 3. The average Bonchev–Trinajstić information content (AvgIpc) is 3.26. The van der Waals surface area contributed by atoms with E-state index in [1.54, 1.807) is 12.4 Å². The molecule has 0 fully saturated rings. The summed E-state index contributed by atoms with van der Waals surface area (Å²) in [6.07, 6.45) is 5.08. The molecule has 0 saturated carbocycles. The molecule has 0 spiro atoms. The van der Waals surface area contributed by atoms with Crippen LogP contribution < -0.4 is 4.74 Å². The second kappa shape index (κ2) is 7.25. The maximum atomic E-state index is 5.84. The Hall–Kier alpha value is -2.74. The molecule has 3 aromatic heterocycles. The molecule has 26 heavy (non-hydrogen) atoms. The van der Waals surface area contributed by atoms with Crippen LogP contribution in [0.1, 0.15) is 31.2 Å². The number of ether oxygens (including phenoxy) is 1. The second-order valence-corrected chi connectivity index (χ2v) is 6.80. The lowest BCUT2D eigenvalue weighted by atomic mass is 10.2. The summed E-state index contributed by atoms with van der Waals surface area (Å²) in [6, 6.07) is 3.87. The Morgan fingerprint density at radius 3 is 3.08 bits per heavy atom. The van der Waals surface area contributed by atoms with Crippen LogP contribution in [0.25, 0.3) is 21.3 Å². The fraction of sp³-hybridized carbons (Fsp3) is 0.333. The lowest BCUT2D eigenvalue weighted by Gasteiger charge is -2.11. The van der Waals surface area contributed by atoms with Gasteiger partial charge in [-0.1, -0.05) is 12.1 Å². The molecule has 7 nitrogen and oxygen atoms in total. The van der Waals surface area contributed by atoms with Crippen molar-refractivity contribution in [3.63, 3.8) is 0 Å². The third-order valence-corrected chi connectivity index (χ3v) is 5.01. The van der Waals surface area contributed by atoms with E-state index in [0.29, 0.717) is 37.2 Å². The van der Waals surface area contributed by atoms with Crippen LogP contribution in [-0.2, 0) is 4.84 Å². The topological polar surface area (TPSA) is 82.6 Å². The van der Waals surface area contributed by atoms with E-state index in [-0.39, 0.29) is 0 Å². The highest BCUT2D eigenvalue weighted by molar-refractivity contribution is 7.18. The Morgan fingerprint density at radius 2 is 2.27 bits per heavy atom. The van der Waals surface area contributed by atoms with E-state index in [9.17, 15) is 0 Å². The van der Waals surface area contributed by atoms with Gasteiger partial charge >= 0.3 is 5.95 Å². The minimum Gasteiger partial charge on any atom is -0.463 e. The standard InChI is InChI=1S/C18H18N4O3S/c1-3-8-24-22-13-6-9-23-18-14(13)21-16(25-18)15-11(2)20-17(26-15)12-5-4-7-19-10-12/h4-5,7,10H,3,6,8-9H2,1-2H3/b22-13+. The molecule has 0 aliphatic carbocycles. The van der Waals surface area contributed by atoms with Gasteiger partial charge in [-0.25, -0.2) is 9.97 Å². The van der Waals surface area contributed by atoms with Crippen LogP contribution in [0.4, 0.5) is 0 Å². The minimum absolute atomic E-state index is 0.390. The van der Waals surface area contributed by atoms with E-state index in [2.05, 4.69) is 20.1 Å². The lowest BCUT2D eigenvalue weighted by molar-refractivity contribution is 0.142. The second-order valence-electron chi connectivity index (χ2n) is 5.80. The largest absolute Gasteiger partial charge is 0.463 e. The first-order valence-electron chi connectivity index (χ1n) is 8.47. The van der Waals surface area contributed by atoms with Crippen molar-refractivity contribution in [1.29, 1.82) is 0 Å². The molecular formula is C18H18N4O3S. The Bertz CT molecular complexity index is 933. The number of pyridine rings is 1. The summed E-state index contributed by atoms with van der Waals surface area (Å²) in [7, 11) is 0. The van der Waals surface area contributed by atoms with Gasteiger partial charge in [-0.15, -0.1) is 11.3 Å². The molecule has 0 bridgehead atoms. The number of fused-ring (bicyclic) bond motifs is 1. The molecule has 134 valence electrons. The van der Waals surface area contributed by atoms with Gasteiger partial charge in [0.1, 0.15) is 22.2 Å². The zero-order valence-electron chi connectivity index (χ0n) is 14.6. The van der Waals surface area contributed by atoms with E-state index in [1.807, 2.05) is 26.0 Å². The number of nitrogens with zero attached hydrogens (tertiary/aromatic N) is 4. The average molecular weight is 370 g/mol. The van der Waals surface area contributed by atoms with Crippen LogP contribution in [-0.4, -0.2) is 33.9 Å². The molecule has 0 N–H and O–H groups in total. The van der Waals surface area contributed by atoms with Crippen molar-refractivity contribution in [1.82, 2.24) is 15.0 Å². The predicted octanol–water partition coefficient (Wildman–Crippen LogP) is 4.08. The van der Waals surface area contributed by atoms with Crippen molar-refractivity contribution in [2.24, 2.45) is 5.16 Å². The van der Waals surface area contributed by atoms with Gasteiger partial charge in [0.05, 0.1) is 12.3 Å². The van der Waals surface area contributed by atoms with Crippen molar-refractivity contribution in [2.75, 3.05) is 13.2 Å². The van der Waals surface area contributed by atoms with Gasteiger partial charge in [0, 0.05) is 24.4 Å². The van der Waals surface area contributed by atoms with E-state index in [4.69, 9.17) is 14.0 Å². The van der Waals surface area contributed by atoms with Gasteiger partial charge in [-0.3, -0.25) is 4.98 Å². The molecule has 0 atom stereocenters. The Labute approximate surface area is 154 Å². The fourth-order valence-corrected chi connectivity index (χ4v) is 3.54. The van der Waals surface area contributed by atoms with Gasteiger partial charge in [0.2, 0.25) is 5.89 Å². The van der Waals surface area contributed by atoms with E-state index >= 15 is 0 Å². The van der Waals surface area contributed by atoms with Crippen LogP contribution >= 0.6 is 11.3 Å². The highest BCUT2D eigenvalue weighted by atomic mass is 32.1. The highest BCUT2D eigenvalue weighted by Gasteiger charge is 2.27. The van der Waals surface area contributed by atoms with Crippen molar-refractivity contribution in [3.8, 4) is 27.3 Å². The van der Waals surface area contributed by atoms with E-state index < -0.39 is 0 Å². The smallest absolute Gasteiger partial charge is 0.315 e. The normalized spacial score (nSPS) is 14.9. The molecule has 1 aliphatic rings. The first-order valence-corrected chi connectivity index (χ1v) is 9.29. The molecule has 3 aromatic rings. The summed E-state index contributed by atoms with van der Waals surface area (Å²) in [4.78, 5) is 19.6. The van der Waals surface area contributed by atoms with Crippen molar-refractivity contribution >= 4 is 17.0 Å². The van der Waals surface area contributed by atoms with Crippen LogP contribution in [0.5, 0.6) is 5.95 Å². The summed E-state index contributed by atoms with van der Waals surface area (Å²) in [5.74, 6) is 0.881. The van der Waals surface area contributed by atoms with Crippen LogP contribution in [0, 0.1) is 6.92 Å². The Balaban J connectivity index is 1.68. The van der Waals surface area contributed by atoms with Crippen molar-refractivity contribution in [3.05, 3.63) is 35.9 Å². The Kier molecular flexibility index (Phi) is 4.66. The molecule has 0 amide bonds. The quantitative estimate of drug-likeness (QED) is 0.497. The molecule has 0 radical (unpaired) electrons. The SMILES string of the molecule is CCCO/N=C1\CCOc2oc(-c3sc(-c4cccnc4)nc3C)nc21. The monoisotopic (exact) mass is 370 g/mol. The molecule has 1 aliphatic heterocycles. The Morgan fingerprint density at radius 1 is 1.35 bits per heavy atom. The van der Waals surface area contributed by atoms with Crippen molar-refractivity contribution in [2.45, 2.75) is 26.7 Å². The van der Waals surface area contributed by atoms with Gasteiger partial charge in [-0.05, 0) is 25.5 Å². The molecule has 8 heteroatoms. The zero-order valence-corrected chi connectivity index (χ0v) is 15.4. The first-order chi connectivity index (χ1) is 12.8. The van der Waals surface area contributed by atoms with Crippen LogP contribution in [0.3, 0.4) is 0 Å². The van der Waals surface area contributed by atoms with Crippen LogP contribution in [0.2, 0.25) is 0 Å². The van der Waals surface area contributed by atoms with Crippen LogP contribution in [0.15, 0.2) is 34.1 Å². The summed E-state index contributed by atoms with van der Waals surface area (Å²) in [5.41, 5.74) is 3.19. The third-order valence-electron chi connectivity index (χ3n) is 3.81. The number of thiazole rings is 1. The summed E-state index contributed by atoms with van der Waals surface area (Å²) >= 11 is 1.52. The fourth-order valence-electron chi connectivity index (χ4n) is 2.55. The van der Waals surface area contributed by atoms with Gasteiger partial charge in [0.25, 0.3) is 0 Å². The molecular weight excluding hydrogens is 352 g/mol. The number of hydrogen-bond acceptors (Lipinski definition) is 8. The summed E-state index contributed by atoms with van der Waals surface area (Å²) < 4.78 is 11.4. The summed E-state index contributed by atoms with van der Waals surface area (Å²) in [6.45, 7) is 5.05. The number of rotatable bonds is 5. The van der Waals surface area contributed by atoms with Crippen molar-refractivity contribution < 1.29 is 14.0 Å². The number of hydrogen-bond donors (Lipinski definition) is 0. The maximum absolute atomic E-state index is 5.84. The predicted molar refractivity (Wildman–Crippen MR) is 98.5 cm³/mol. The number of aryl methyl sites for hydroxylation is 1. The van der Waals surface area contributed by atoms with Gasteiger partial charge < -0.3 is 14.0 Å². The minimum atomic E-state index is 0.390. The third kappa shape index (κ3) is 3.20. The number of oxime groups is 1. The highest BCUT2D eigenvalue weighted by Crippen LogP contribution is 2.38. The molecule has 0 aromatic carbocycles. The van der Waals surface area contributed by atoms with E-state index in [0.717, 1.165) is 33.3 Å². The van der Waals surface area contributed by atoms with Gasteiger partial charge in [-0.2, -0.15) is 0 Å². The molecule has 4 rings (SSSR count). The summed E-state index contributed by atoms with van der Waals surface area (Å²) in [5, 5.41) is 5.07. The number of oxazole rings is 1. The molecule has 4 heterocycles. The lowest BCUT2D eigenvalue weighted by Crippen LogP contribution is -2.16. The maximum Gasteiger partial charge on any atom is 0.315 e. The molecule has 0 unspecified atom stereocenters. The zero-order chi connectivity index (χ0) is 17.9. The van der Waals surface area contributed by atoms with E-state index in [1.165, 1.54) is 11.3 Å².